The Morgan fingerprint density at radius 3 is 2.62 bits per heavy atom. The quantitative estimate of drug-likeness (QED) is 0.742. The minimum atomic E-state index is 0.0154. The maximum atomic E-state index is 11.9. The van der Waals surface area contributed by atoms with Crippen LogP contribution in [0.2, 0.25) is 0 Å². The van der Waals surface area contributed by atoms with Gasteiger partial charge in [0.05, 0.1) is 6.42 Å². The zero-order chi connectivity index (χ0) is 15.1. The van der Waals surface area contributed by atoms with Crippen LogP contribution in [0.1, 0.15) is 31.7 Å². The lowest BCUT2D eigenvalue weighted by molar-refractivity contribution is -0.120. The van der Waals surface area contributed by atoms with Gasteiger partial charge in [0, 0.05) is 24.7 Å². The van der Waals surface area contributed by atoms with Gasteiger partial charge in [0.1, 0.15) is 0 Å². The molecule has 0 saturated carbocycles. The Hall–Kier alpha value is -1.88. The van der Waals surface area contributed by atoms with Crippen LogP contribution < -0.4 is 16.0 Å². The average Bonchev–Trinajstić information content (AvgIpc) is 2.94. The summed E-state index contributed by atoms with van der Waals surface area (Å²) in [5.41, 5.74) is 1.72. The zero-order valence-corrected chi connectivity index (χ0v) is 12.4. The van der Waals surface area contributed by atoms with Crippen molar-refractivity contribution in [3.8, 4) is 0 Å². The Bertz CT molecular complexity index is 479. The topological polar surface area (TPSA) is 70.2 Å². The fourth-order valence-corrected chi connectivity index (χ4v) is 2.52. The molecule has 1 fully saturated rings. The summed E-state index contributed by atoms with van der Waals surface area (Å²) in [6, 6.07) is 7.74. The number of hydrogen-bond acceptors (Lipinski definition) is 3. The summed E-state index contributed by atoms with van der Waals surface area (Å²) in [5.74, 6) is 0.0486. The number of rotatable bonds is 6. The van der Waals surface area contributed by atoms with E-state index in [-0.39, 0.29) is 11.8 Å². The molecule has 1 atom stereocenters. The van der Waals surface area contributed by atoms with Gasteiger partial charge in [-0.3, -0.25) is 9.59 Å². The average molecular weight is 289 g/mol. The van der Waals surface area contributed by atoms with Crippen LogP contribution in [0, 0.1) is 0 Å². The van der Waals surface area contributed by atoms with Crippen molar-refractivity contribution in [3.05, 3.63) is 29.8 Å². The van der Waals surface area contributed by atoms with Gasteiger partial charge < -0.3 is 16.0 Å². The lowest BCUT2D eigenvalue weighted by Gasteiger charge is -2.11. The number of benzene rings is 1. The molecule has 2 amide bonds. The molecule has 1 unspecified atom stereocenters. The number of carbonyl (C=O) groups excluding carboxylic acids is 2. The summed E-state index contributed by atoms with van der Waals surface area (Å²) >= 11 is 0. The van der Waals surface area contributed by atoms with Crippen LogP contribution in [0.3, 0.4) is 0 Å². The molecule has 114 valence electrons. The van der Waals surface area contributed by atoms with E-state index in [1.807, 2.05) is 31.2 Å². The molecule has 3 N–H and O–H groups in total. The maximum Gasteiger partial charge on any atom is 0.225 e. The molecule has 1 aliphatic rings. The monoisotopic (exact) mass is 289 g/mol. The van der Waals surface area contributed by atoms with Gasteiger partial charge in [-0.15, -0.1) is 0 Å². The van der Waals surface area contributed by atoms with Crippen molar-refractivity contribution in [2.75, 3.05) is 18.4 Å². The van der Waals surface area contributed by atoms with Crippen LogP contribution >= 0.6 is 0 Å². The van der Waals surface area contributed by atoms with E-state index in [4.69, 9.17) is 0 Å². The number of nitrogens with one attached hydrogen (secondary N) is 3. The summed E-state index contributed by atoms with van der Waals surface area (Å²) < 4.78 is 0. The largest absolute Gasteiger partial charge is 0.356 e. The van der Waals surface area contributed by atoms with Gasteiger partial charge >= 0.3 is 0 Å². The van der Waals surface area contributed by atoms with Gasteiger partial charge in [0.2, 0.25) is 11.8 Å². The van der Waals surface area contributed by atoms with E-state index in [9.17, 15) is 9.59 Å². The van der Waals surface area contributed by atoms with Gasteiger partial charge in [-0.05, 0) is 44.0 Å². The number of carbonyl (C=O) groups is 2. The first-order chi connectivity index (χ1) is 10.2. The van der Waals surface area contributed by atoms with E-state index in [1.165, 1.54) is 0 Å². The third kappa shape index (κ3) is 5.19. The fourth-order valence-electron chi connectivity index (χ4n) is 2.52. The van der Waals surface area contributed by atoms with Crippen molar-refractivity contribution in [2.45, 2.75) is 38.6 Å². The van der Waals surface area contributed by atoms with Crippen LogP contribution in [0.5, 0.6) is 0 Å². The lowest BCUT2D eigenvalue weighted by Crippen LogP contribution is -2.27. The molecule has 1 aromatic carbocycles. The molecule has 1 saturated heterocycles. The number of likely N-dealkylation sites (N-methyl/N-ethyl adjacent to an activating group) is 1. The molecular weight excluding hydrogens is 266 g/mol. The van der Waals surface area contributed by atoms with Crippen LogP contribution in [-0.4, -0.2) is 30.9 Å². The highest BCUT2D eigenvalue weighted by molar-refractivity contribution is 5.91. The maximum absolute atomic E-state index is 11.9. The molecule has 2 rings (SSSR count). The molecule has 5 nitrogen and oxygen atoms in total. The predicted octanol–water partition coefficient (Wildman–Crippen LogP) is 1.45. The van der Waals surface area contributed by atoms with Crippen molar-refractivity contribution in [1.82, 2.24) is 10.6 Å². The third-order valence-electron chi connectivity index (χ3n) is 3.57. The number of anilines is 1. The lowest BCUT2D eigenvalue weighted by atomic mass is 10.1. The van der Waals surface area contributed by atoms with Crippen molar-refractivity contribution < 1.29 is 9.59 Å². The second-order valence-electron chi connectivity index (χ2n) is 5.37. The molecule has 0 spiro atoms. The van der Waals surface area contributed by atoms with Crippen LogP contribution in [0.4, 0.5) is 5.69 Å². The highest BCUT2D eigenvalue weighted by Crippen LogP contribution is 2.13. The first-order valence-corrected chi connectivity index (χ1v) is 7.56. The minimum Gasteiger partial charge on any atom is -0.356 e. The summed E-state index contributed by atoms with van der Waals surface area (Å²) in [6.45, 7) is 3.55. The molecule has 0 bridgehead atoms. The fraction of sp³-hybridized carbons (Fsp3) is 0.500. The molecular formula is C16H23N3O2. The normalized spacial score (nSPS) is 17.5. The molecule has 0 aromatic heterocycles. The van der Waals surface area contributed by atoms with Gasteiger partial charge in [-0.25, -0.2) is 0 Å². The smallest absolute Gasteiger partial charge is 0.225 e. The molecule has 21 heavy (non-hydrogen) atoms. The standard InChI is InChI=1S/C16H23N3O2/c1-2-17-15(20)10-12-5-7-13(8-6-12)19-16(21)11-14-4-3-9-18-14/h5-8,14,18H,2-4,9-11H2,1H3,(H,17,20)(H,19,21). The van der Waals surface area contributed by atoms with Crippen LogP contribution in [0.15, 0.2) is 24.3 Å². The molecule has 0 aliphatic carbocycles. The van der Waals surface area contributed by atoms with Gasteiger partial charge in [-0.2, -0.15) is 0 Å². The van der Waals surface area contributed by atoms with E-state index in [0.717, 1.165) is 30.6 Å². The third-order valence-corrected chi connectivity index (χ3v) is 3.57. The van der Waals surface area contributed by atoms with Crippen molar-refractivity contribution >= 4 is 17.5 Å². The van der Waals surface area contributed by atoms with E-state index in [0.29, 0.717) is 25.4 Å². The Morgan fingerprint density at radius 2 is 2.00 bits per heavy atom. The van der Waals surface area contributed by atoms with Crippen LogP contribution in [-0.2, 0) is 16.0 Å². The first-order valence-electron chi connectivity index (χ1n) is 7.56. The summed E-state index contributed by atoms with van der Waals surface area (Å²) in [6.07, 6.45) is 3.10. The number of hydrogen-bond donors (Lipinski definition) is 3. The van der Waals surface area contributed by atoms with E-state index in [2.05, 4.69) is 16.0 Å². The summed E-state index contributed by atoms with van der Waals surface area (Å²) in [7, 11) is 0. The van der Waals surface area contributed by atoms with Crippen molar-refractivity contribution in [2.24, 2.45) is 0 Å². The Balaban J connectivity index is 1.81. The second-order valence-corrected chi connectivity index (χ2v) is 5.37. The van der Waals surface area contributed by atoms with E-state index >= 15 is 0 Å². The van der Waals surface area contributed by atoms with Gasteiger partial charge in [-0.1, -0.05) is 12.1 Å². The number of amides is 2. The Labute approximate surface area is 125 Å². The molecule has 5 heteroatoms. The highest BCUT2D eigenvalue weighted by atomic mass is 16.2. The summed E-state index contributed by atoms with van der Waals surface area (Å²) in [5, 5.41) is 8.97. The predicted molar refractivity (Wildman–Crippen MR) is 83.1 cm³/mol. The Kier molecular flexibility index (Phi) is 5.75. The van der Waals surface area contributed by atoms with Crippen LogP contribution in [0.25, 0.3) is 0 Å². The first kappa shape index (κ1) is 15.5. The van der Waals surface area contributed by atoms with Crippen molar-refractivity contribution in [3.63, 3.8) is 0 Å². The molecule has 1 aromatic rings. The summed E-state index contributed by atoms with van der Waals surface area (Å²) in [4.78, 5) is 23.4. The second kappa shape index (κ2) is 7.78. The SMILES string of the molecule is CCNC(=O)Cc1ccc(NC(=O)CC2CCCN2)cc1. The highest BCUT2D eigenvalue weighted by Gasteiger charge is 2.17. The van der Waals surface area contributed by atoms with E-state index < -0.39 is 0 Å². The molecule has 1 heterocycles. The van der Waals surface area contributed by atoms with Crippen molar-refractivity contribution in [1.29, 1.82) is 0 Å². The van der Waals surface area contributed by atoms with Gasteiger partial charge in [0.15, 0.2) is 0 Å². The zero-order valence-electron chi connectivity index (χ0n) is 12.4. The minimum absolute atomic E-state index is 0.0154. The molecule has 0 radical (unpaired) electrons. The van der Waals surface area contributed by atoms with E-state index in [1.54, 1.807) is 0 Å². The molecule has 1 aliphatic heterocycles. The Morgan fingerprint density at radius 1 is 1.24 bits per heavy atom. The van der Waals surface area contributed by atoms with Gasteiger partial charge in [0.25, 0.3) is 0 Å².